The monoisotopic (exact) mass is 425 g/mol. The van der Waals surface area contributed by atoms with Crippen molar-refractivity contribution in [3.05, 3.63) is 38.8 Å². The highest BCUT2D eigenvalue weighted by atomic mass is 79.9. The van der Waals surface area contributed by atoms with E-state index in [-0.39, 0.29) is 11.4 Å². The fourth-order valence-corrected chi connectivity index (χ4v) is 4.09. The topological polar surface area (TPSA) is 55.4 Å². The highest BCUT2D eigenvalue weighted by Gasteiger charge is 2.18. The Morgan fingerprint density at radius 2 is 2.00 bits per heavy atom. The lowest BCUT2D eigenvalue weighted by molar-refractivity contribution is 0.162. The van der Waals surface area contributed by atoms with Crippen LogP contribution in [0.5, 0.6) is 0 Å². The first kappa shape index (κ1) is 17.8. The van der Waals surface area contributed by atoms with Crippen molar-refractivity contribution >= 4 is 41.9 Å². The fourth-order valence-electron chi connectivity index (χ4n) is 1.41. The molecule has 0 heterocycles. The van der Waals surface area contributed by atoms with Gasteiger partial charge in [-0.05, 0) is 47.5 Å². The Balaban J connectivity index is 2.70. The molecule has 0 atom stereocenters. The van der Waals surface area contributed by atoms with E-state index in [1.165, 1.54) is 0 Å². The summed E-state index contributed by atoms with van der Waals surface area (Å²) in [6, 6.07) is 3.34. The summed E-state index contributed by atoms with van der Waals surface area (Å²) in [5, 5.41) is 0. The van der Waals surface area contributed by atoms with Gasteiger partial charge in [0.25, 0.3) is 0 Å². The summed E-state index contributed by atoms with van der Waals surface area (Å²) in [7, 11) is -3.56. The van der Waals surface area contributed by atoms with E-state index in [2.05, 4.69) is 43.2 Å². The Hall–Kier alpha value is -0.210. The predicted octanol–water partition coefficient (Wildman–Crippen LogP) is 3.39. The van der Waals surface area contributed by atoms with Crippen LogP contribution in [0.3, 0.4) is 0 Å². The molecule has 1 rings (SSSR count). The molecule has 0 unspecified atom stereocenters. The first-order valence-electron chi connectivity index (χ1n) is 5.91. The van der Waals surface area contributed by atoms with Crippen LogP contribution in [0.4, 0.5) is 0 Å². The van der Waals surface area contributed by atoms with Gasteiger partial charge in [0, 0.05) is 15.5 Å². The number of hydrogen-bond donors (Lipinski definition) is 1. The highest BCUT2D eigenvalue weighted by molar-refractivity contribution is 9.11. The van der Waals surface area contributed by atoms with Gasteiger partial charge >= 0.3 is 0 Å². The predicted molar refractivity (Wildman–Crippen MR) is 87.4 cm³/mol. The molecule has 0 aromatic heterocycles. The van der Waals surface area contributed by atoms with Crippen LogP contribution in [0.1, 0.15) is 12.5 Å². The van der Waals surface area contributed by atoms with Crippen LogP contribution in [0, 0.1) is 6.92 Å². The van der Waals surface area contributed by atoms with Crippen molar-refractivity contribution in [1.29, 1.82) is 0 Å². The molecular weight excluding hydrogens is 410 g/mol. The van der Waals surface area contributed by atoms with E-state index in [9.17, 15) is 8.42 Å². The summed E-state index contributed by atoms with van der Waals surface area (Å²) in [6.45, 7) is 8.40. The van der Waals surface area contributed by atoms with Crippen LogP contribution in [0.15, 0.2) is 38.1 Å². The maximum Gasteiger partial charge on any atom is 0.241 e. The SMILES string of the molecule is C=C(C)COCCNS(=O)(=O)c1cc(Br)c(C)cc1Br. The van der Waals surface area contributed by atoms with Gasteiger partial charge in [-0.2, -0.15) is 0 Å². The molecule has 0 amide bonds. The van der Waals surface area contributed by atoms with E-state index < -0.39 is 10.0 Å². The minimum Gasteiger partial charge on any atom is -0.376 e. The summed E-state index contributed by atoms with van der Waals surface area (Å²) >= 11 is 6.61. The molecule has 0 radical (unpaired) electrons. The van der Waals surface area contributed by atoms with E-state index in [0.29, 0.717) is 17.7 Å². The third kappa shape index (κ3) is 5.29. The molecule has 1 N–H and O–H groups in total. The average molecular weight is 427 g/mol. The number of rotatable bonds is 7. The van der Waals surface area contributed by atoms with Crippen molar-refractivity contribution < 1.29 is 13.2 Å². The van der Waals surface area contributed by atoms with Gasteiger partial charge in [0.05, 0.1) is 18.1 Å². The van der Waals surface area contributed by atoms with Crippen molar-refractivity contribution in [3.8, 4) is 0 Å². The lowest BCUT2D eigenvalue weighted by Crippen LogP contribution is -2.28. The van der Waals surface area contributed by atoms with Gasteiger partial charge in [-0.1, -0.05) is 28.1 Å². The summed E-state index contributed by atoms with van der Waals surface area (Å²) < 4.78 is 33.4. The van der Waals surface area contributed by atoms with E-state index >= 15 is 0 Å². The first-order chi connectivity index (χ1) is 9.24. The Labute approximate surface area is 136 Å². The van der Waals surface area contributed by atoms with Gasteiger partial charge in [-0.25, -0.2) is 13.1 Å². The van der Waals surface area contributed by atoms with Crippen molar-refractivity contribution in [2.24, 2.45) is 0 Å². The molecule has 0 bridgehead atoms. The van der Waals surface area contributed by atoms with Crippen LogP contribution >= 0.6 is 31.9 Å². The van der Waals surface area contributed by atoms with Crippen molar-refractivity contribution in [2.45, 2.75) is 18.7 Å². The van der Waals surface area contributed by atoms with Crippen LogP contribution in [-0.4, -0.2) is 28.2 Å². The van der Waals surface area contributed by atoms with Gasteiger partial charge in [-0.3, -0.25) is 0 Å². The second kappa shape index (κ2) is 7.70. The summed E-state index contributed by atoms with van der Waals surface area (Å²) in [5.74, 6) is 0. The molecule has 4 nitrogen and oxygen atoms in total. The minimum atomic E-state index is -3.56. The van der Waals surface area contributed by atoms with E-state index in [0.717, 1.165) is 15.6 Å². The number of sulfonamides is 1. The molecule has 112 valence electrons. The van der Waals surface area contributed by atoms with Crippen LogP contribution < -0.4 is 4.72 Å². The second-order valence-electron chi connectivity index (χ2n) is 4.44. The molecule has 20 heavy (non-hydrogen) atoms. The Morgan fingerprint density at radius 1 is 1.35 bits per heavy atom. The van der Waals surface area contributed by atoms with Crippen molar-refractivity contribution in [1.82, 2.24) is 4.72 Å². The zero-order valence-electron chi connectivity index (χ0n) is 11.4. The van der Waals surface area contributed by atoms with Gasteiger partial charge in [-0.15, -0.1) is 0 Å². The Morgan fingerprint density at radius 3 is 2.60 bits per heavy atom. The minimum absolute atomic E-state index is 0.204. The van der Waals surface area contributed by atoms with E-state index in [4.69, 9.17) is 4.74 Å². The van der Waals surface area contributed by atoms with Crippen molar-refractivity contribution in [2.75, 3.05) is 19.8 Å². The molecule has 0 saturated carbocycles. The third-order valence-electron chi connectivity index (χ3n) is 2.39. The molecular formula is C13H17Br2NO3S. The normalized spacial score (nSPS) is 11.6. The highest BCUT2D eigenvalue weighted by Crippen LogP contribution is 2.28. The molecule has 0 fully saturated rings. The number of nitrogens with one attached hydrogen (secondary N) is 1. The van der Waals surface area contributed by atoms with Crippen molar-refractivity contribution in [3.63, 3.8) is 0 Å². The summed E-state index contributed by atoms with van der Waals surface area (Å²) in [5.41, 5.74) is 1.86. The fraction of sp³-hybridized carbons (Fsp3) is 0.385. The molecule has 0 saturated heterocycles. The molecule has 7 heteroatoms. The molecule has 0 spiro atoms. The standard InChI is InChI=1S/C13H17Br2NO3S/c1-9(2)8-19-5-4-16-20(17,18)13-7-11(14)10(3)6-12(13)15/h6-7,16H,1,4-5,8H2,2-3H3. The lowest BCUT2D eigenvalue weighted by atomic mass is 10.2. The number of halogens is 2. The maximum atomic E-state index is 12.2. The lowest BCUT2D eigenvalue weighted by Gasteiger charge is -2.10. The third-order valence-corrected chi connectivity index (χ3v) is 5.66. The maximum absolute atomic E-state index is 12.2. The van der Waals surface area contributed by atoms with E-state index in [1.54, 1.807) is 12.1 Å². The second-order valence-corrected chi connectivity index (χ2v) is 7.88. The van der Waals surface area contributed by atoms with Crippen LogP contribution in [-0.2, 0) is 14.8 Å². The number of hydrogen-bond acceptors (Lipinski definition) is 3. The Kier molecular flexibility index (Phi) is 6.87. The molecule has 0 aliphatic rings. The summed E-state index contributed by atoms with van der Waals surface area (Å²) in [4.78, 5) is 0.204. The van der Waals surface area contributed by atoms with Gasteiger partial charge in [0.15, 0.2) is 0 Å². The summed E-state index contributed by atoms with van der Waals surface area (Å²) in [6.07, 6.45) is 0. The largest absolute Gasteiger partial charge is 0.376 e. The van der Waals surface area contributed by atoms with Crippen LogP contribution in [0.2, 0.25) is 0 Å². The number of ether oxygens (including phenoxy) is 1. The van der Waals surface area contributed by atoms with Gasteiger partial charge in [0.2, 0.25) is 10.0 Å². The van der Waals surface area contributed by atoms with Gasteiger partial charge in [0.1, 0.15) is 0 Å². The molecule has 1 aromatic rings. The van der Waals surface area contributed by atoms with Crippen LogP contribution in [0.25, 0.3) is 0 Å². The number of aryl methyl sites for hydroxylation is 1. The number of benzene rings is 1. The smallest absolute Gasteiger partial charge is 0.241 e. The molecule has 0 aliphatic heterocycles. The average Bonchev–Trinajstić information content (AvgIpc) is 2.32. The first-order valence-corrected chi connectivity index (χ1v) is 8.98. The van der Waals surface area contributed by atoms with E-state index in [1.807, 2.05) is 13.8 Å². The van der Waals surface area contributed by atoms with Gasteiger partial charge < -0.3 is 4.74 Å². The quantitative estimate of drug-likeness (QED) is 0.537. The Bertz CT molecular complexity index is 600. The molecule has 1 aromatic carbocycles. The zero-order valence-corrected chi connectivity index (χ0v) is 15.4. The zero-order chi connectivity index (χ0) is 15.3. The molecule has 0 aliphatic carbocycles.